The number of nitrogens with zero attached hydrogens (tertiary/aromatic N) is 5. The molecular formula is C10H14N6O2S. The van der Waals surface area contributed by atoms with E-state index in [0.717, 1.165) is 24.1 Å². The molecule has 3 rings (SSSR count). The summed E-state index contributed by atoms with van der Waals surface area (Å²) in [5, 5.41) is 16.9. The van der Waals surface area contributed by atoms with Crippen LogP contribution in [0, 0.1) is 6.92 Å². The Kier molecular flexibility index (Phi) is 2.51. The van der Waals surface area contributed by atoms with Crippen molar-refractivity contribution in [3.8, 4) is 11.4 Å². The molecule has 2 N–H and O–H groups in total. The summed E-state index contributed by atoms with van der Waals surface area (Å²) in [6.45, 7) is 1.89. The highest BCUT2D eigenvalue weighted by Gasteiger charge is 2.34. The van der Waals surface area contributed by atoms with Crippen LogP contribution in [-0.4, -0.2) is 33.0 Å². The molecule has 2 heterocycles. The fraction of sp³-hybridized carbons (Fsp3) is 0.500. The number of nitrogens with two attached hydrogens (primary N) is 1. The quantitative estimate of drug-likeness (QED) is 0.850. The smallest absolute Gasteiger partial charge is 0.273 e. The summed E-state index contributed by atoms with van der Waals surface area (Å²) in [6.07, 6.45) is 3.48. The van der Waals surface area contributed by atoms with Crippen LogP contribution in [0.3, 0.4) is 0 Å². The van der Waals surface area contributed by atoms with Crippen LogP contribution < -0.4 is 5.14 Å². The van der Waals surface area contributed by atoms with E-state index >= 15 is 0 Å². The summed E-state index contributed by atoms with van der Waals surface area (Å²) in [7, 11) is -2.05. The molecule has 1 fully saturated rings. The molecule has 2 aromatic rings. The topological polar surface area (TPSA) is 109 Å². The van der Waals surface area contributed by atoms with Gasteiger partial charge in [0.1, 0.15) is 0 Å². The predicted octanol–water partition coefficient (Wildman–Crippen LogP) is -0.0307. The van der Waals surface area contributed by atoms with Gasteiger partial charge in [-0.25, -0.2) is 13.6 Å². The van der Waals surface area contributed by atoms with Crippen molar-refractivity contribution in [2.75, 3.05) is 0 Å². The first kappa shape index (κ1) is 12.3. The van der Waals surface area contributed by atoms with Gasteiger partial charge in [0.05, 0.1) is 11.8 Å². The highest BCUT2D eigenvalue weighted by Crippen LogP contribution is 2.40. The largest absolute Gasteiger partial charge is 0.294 e. The van der Waals surface area contributed by atoms with Crippen LogP contribution in [0.25, 0.3) is 11.4 Å². The lowest BCUT2D eigenvalue weighted by molar-refractivity contribution is 0.567. The number of sulfonamides is 1. The Hall–Kier alpha value is -1.74. The molecule has 1 aliphatic rings. The molecule has 102 valence electrons. The molecule has 2 aromatic heterocycles. The first-order valence-electron chi connectivity index (χ1n) is 5.86. The van der Waals surface area contributed by atoms with Crippen LogP contribution in [-0.2, 0) is 17.1 Å². The van der Waals surface area contributed by atoms with Gasteiger partial charge in [-0.1, -0.05) is 0 Å². The number of hydrogen-bond acceptors (Lipinski definition) is 5. The molecule has 19 heavy (non-hydrogen) atoms. The maximum Gasteiger partial charge on any atom is 0.273 e. The lowest BCUT2D eigenvalue weighted by Gasteiger charge is -2.07. The Morgan fingerprint density at radius 1 is 1.37 bits per heavy atom. The van der Waals surface area contributed by atoms with E-state index in [-0.39, 0.29) is 11.2 Å². The zero-order valence-corrected chi connectivity index (χ0v) is 11.4. The summed E-state index contributed by atoms with van der Waals surface area (Å²) in [4.78, 5) is 0. The zero-order valence-electron chi connectivity index (χ0n) is 10.6. The van der Waals surface area contributed by atoms with Crippen molar-refractivity contribution in [2.24, 2.45) is 12.2 Å². The number of rotatable bonds is 3. The summed E-state index contributed by atoms with van der Waals surface area (Å²) >= 11 is 0. The van der Waals surface area contributed by atoms with Crippen LogP contribution in [0.1, 0.15) is 24.6 Å². The van der Waals surface area contributed by atoms with Crippen LogP contribution in [0.5, 0.6) is 0 Å². The molecule has 9 heteroatoms. The third-order valence-corrected chi connectivity index (χ3v) is 4.09. The summed E-state index contributed by atoms with van der Waals surface area (Å²) in [5.74, 6) is 0.511. The molecule has 1 saturated carbocycles. The maximum absolute atomic E-state index is 11.6. The van der Waals surface area contributed by atoms with Gasteiger partial charge in [0.2, 0.25) is 0 Å². The highest BCUT2D eigenvalue weighted by molar-refractivity contribution is 7.89. The van der Waals surface area contributed by atoms with Gasteiger partial charge in [-0.05, 0) is 19.8 Å². The third-order valence-electron chi connectivity index (χ3n) is 3.31. The highest BCUT2D eigenvalue weighted by atomic mass is 32.2. The Labute approximate surface area is 110 Å². The monoisotopic (exact) mass is 282 g/mol. The molecule has 8 nitrogen and oxygen atoms in total. The van der Waals surface area contributed by atoms with Gasteiger partial charge in [-0.2, -0.15) is 5.10 Å². The second-order valence-electron chi connectivity index (χ2n) is 4.72. The predicted molar refractivity (Wildman–Crippen MR) is 66.6 cm³/mol. The van der Waals surface area contributed by atoms with Crippen LogP contribution in [0.4, 0.5) is 0 Å². The first-order valence-corrected chi connectivity index (χ1v) is 7.41. The minimum atomic E-state index is -3.87. The van der Waals surface area contributed by atoms with Crippen molar-refractivity contribution in [1.82, 2.24) is 24.5 Å². The minimum absolute atomic E-state index is 0.109. The molecule has 0 atom stereocenters. The second kappa shape index (κ2) is 3.87. The van der Waals surface area contributed by atoms with E-state index in [1.807, 2.05) is 14.0 Å². The fourth-order valence-electron chi connectivity index (χ4n) is 2.03. The summed E-state index contributed by atoms with van der Waals surface area (Å²) in [6, 6.07) is 0.109. The van der Waals surface area contributed by atoms with Crippen molar-refractivity contribution in [3.63, 3.8) is 0 Å². The Bertz CT molecular complexity index is 740. The summed E-state index contributed by atoms with van der Waals surface area (Å²) < 4.78 is 26.4. The van der Waals surface area contributed by atoms with Crippen LogP contribution in [0.15, 0.2) is 11.4 Å². The van der Waals surface area contributed by atoms with Crippen molar-refractivity contribution in [1.29, 1.82) is 0 Å². The Morgan fingerprint density at radius 2 is 2.05 bits per heavy atom. The molecule has 0 bridgehead atoms. The molecule has 0 radical (unpaired) electrons. The SMILES string of the molecule is Cc1c(-c2nnc(S(N)(=O)=O)n2C2CC2)cnn1C. The first-order chi connectivity index (χ1) is 8.89. The van der Waals surface area contributed by atoms with Crippen LogP contribution in [0.2, 0.25) is 0 Å². The molecule has 0 spiro atoms. The lowest BCUT2D eigenvalue weighted by Crippen LogP contribution is -2.18. The van der Waals surface area contributed by atoms with Crippen molar-refractivity contribution in [2.45, 2.75) is 31.0 Å². The summed E-state index contributed by atoms with van der Waals surface area (Å²) in [5.41, 5.74) is 1.67. The van der Waals surface area contributed by atoms with Gasteiger partial charge < -0.3 is 0 Å². The van der Waals surface area contributed by atoms with Gasteiger partial charge in [0.25, 0.3) is 15.2 Å². The average molecular weight is 282 g/mol. The van der Waals surface area contributed by atoms with Crippen molar-refractivity contribution >= 4 is 10.0 Å². The molecule has 0 amide bonds. The minimum Gasteiger partial charge on any atom is -0.294 e. The maximum atomic E-state index is 11.6. The van der Waals surface area contributed by atoms with E-state index in [0.29, 0.717) is 5.82 Å². The zero-order chi connectivity index (χ0) is 13.8. The molecule has 0 aliphatic heterocycles. The van der Waals surface area contributed by atoms with E-state index in [4.69, 9.17) is 5.14 Å². The van der Waals surface area contributed by atoms with Gasteiger partial charge in [-0.3, -0.25) is 9.25 Å². The van der Waals surface area contributed by atoms with Crippen molar-refractivity contribution in [3.05, 3.63) is 11.9 Å². The van der Waals surface area contributed by atoms with E-state index in [2.05, 4.69) is 15.3 Å². The number of primary sulfonamides is 1. The fourth-order valence-corrected chi connectivity index (χ4v) is 2.70. The van der Waals surface area contributed by atoms with E-state index in [1.165, 1.54) is 0 Å². The Balaban J connectivity index is 2.23. The molecule has 1 aliphatic carbocycles. The van der Waals surface area contributed by atoms with Gasteiger partial charge in [0, 0.05) is 18.8 Å². The number of aromatic nitrogens is 5. The molecule has 0 aromatic carbocycles. The Morgan fingerprint density at radius 3 is 2.53 bits per heavy atom. The molecular weight excluding hydrogens is 268 g/mol. The second-order valence-corrected chi connectivity index (χ2v) is 6.17. The van der Waals surface area contributed by atoms with Crippen molar-refractivity contribution < 1.29 is 8.42 Å². The molecule has 0 saturated heterocycles. The van der Waals surface area contributed by atoms with Gasteiger partial charge in [0.15, 0.2) is 5.82 Å². The standard InChI is InChI=1S/C10H14N6O2S/c1-6-8(5-12-15(6)2)9-13-14-10(19(11,17)18)16(9)7-3-4-7/h5,7H,3-4H2,1-2H3,(H2,11,17,18). The van der Waals surface area contributed by atoms with Gasteiger partial charge >= 0.3 is 0 Å². The number of aryl methyl sites for hydroxylation is 1. The van der Waals surface area contributed by atoms with E-state index in [1.54, 1.807) is 15.4 Å². The van der Waals surface area contributed by atoms with E-state index < -0.39 is 10.0 Å². The lowest BCUT2D eigenvalue weighted by atomic mass is 10.2. The normalized spacial score (nSPS) is 15.9. The average Bonchev–Trinajstić information content (AvgIpc) is 2.98. The third kappa shape index (κ3) is 1.94. The van der Waals surface area contributed by atoms with Crippen LogP contribution >= 0.6 is 0 Å². The number of hydrogen-bond donors (Lipinski definition) is 1. The molecule has 0 unspecified atom stereocenters. The van der Waals surface area contributed by atoms with E-state index in [9.17, 15) is 8.42 Å². The van der Waals surface area contributed by atoms with Gasteiger partial charge in [-0.15, -0.1) is 10.2 Å².